The van der Waals surface area contributed by atoms with Crippen molar-refractivity contribution in [3.05, 3.63) is 170 Å². The van der Waals surface area contributed by atoms with E-state index in [0.717, 1.165) is 97.4 Å². The number of unbranched alkanes of at least 4 members (excludes halogenated alkanes) is 14. The second-order valence-electron chi connectivity index (χ2n) is 17.9. The Bertz CT molecular complexity index is 2440. The van der Waals surface area contributed by atoms with Crippen LogP contribution in [0.3, 0.4) is 0 Å². The number of esters is 2. The number of carbonyl (C=O) groups is 2. The first-order valence-electron chi connectivity index (χ1n) is 25.7. The Hall–Kier alpha value is -7.20. The summed E-state index contributed by atoms with van der Waals surface area (Å²) < 4.78 is 33.6. The maximum absolute atomic E-state index is 11.6. The van der Waals surface area contributed by atoms with E-state index in [1.54, 1.807) is 62.9 Å². The zero-order valence-corrected chi connectivity index (χ0v) is 42.6. The van der Waals surface area contributed by atoms with Crippen molar-refractivity contribution in [1.82, 2.24) is 9.97 Å². The lowest BCUT2D eigenvalue weighted by atomic mass is 10.1. The normalized spacial score (nSPS) is 10.6. The molecule has 0 bridgehead atoms. The number of nitrogens with zero attached hydrogens (tertiary/aromatic N) is 2. The average molecular weight is 975 g/mol. The fourth-order valence-electron chi connectivity index (χ4n) is 7.46. The second-order valence-corrected chi connectivity index (χ2v) is 17.9. The third kappa shape index (κ3) is 22.7. The van der Waals surface area contributed by atoms with Gasteiger partial charge in [-0.15, -0.1) is 0 Å². The van der Waals surface area contributed by atoms with Crippen LogP contribution < -0.4 is 28.4 Å². The highest BCUT2D eigenvalue weighted by atomic mass is 16.5. The van der Waals surface area contributed by atoms with Crippen LogP contribution in [-0.2, 0) is 9.59 Å². The van der Waals surface area contributed by atoms with Gasteiger partial charge < -0.3 is 28.4 Å². The van der Waals surface area contributed by atoms with Crippen LogP contribution in [0.25, 0.3) is 22.3 Å². The molecule has 0 N–H and O–H groups in total. The van der Waals surface area contributed by atoms with Crippen LogP contribution in [-0.4, -0.2) is 48.3 Å². The summed E-state index contributed by atoms with van der Waals surface area (Å²) in [4.78, 5) is 31.3. The number of pyridine rings is 2. The van der Waals surface area contributed by atoms with E-state index >= 15 is 0 Å². The van der Waals surface area contributed by atoms with Crippen molar-refractivity contribution in [3.8, 4) is 56.8 Å². The Morgan fingerprint density at radius 3 is 0.847 bits per heavy atom. The molecule has 4 aromatic carbocycles. The number of ether oxygens (including phenoxy) is 6. The highest BCUT2D eigenvalue weighted by Crippen LogP contribution is 2.27. The Balaban J connectivity index is 0.000000269. The van der Waals surface area contributed by atoms with Crippen LogP contribution >= 0.6 is 0 Å². The summed E-state index contributed by atoms with van der Waals surface area (Å²) in [6.07, 6.45) is 26.4. The minimum atomic E-state index is -0.416. The number of aromatic nitrogens is 2. The lowest BCUT2D eigenvalue weighted by molar-refractivity contribution is -0.130. The SMILES string of the molecule is C=C(C)C(=O)Oc1ccc(-c2ccc(OCCCCCCCCCCCCOc3cccnc3)cc2)cc1.C=C(C)C(=O)Oc1ccc(-c2ccc(OCCCCCCCCOc3cccnc3)cc2)cc1. The van der Waals surface area contributed by atoms with Gasteiger partial charge in [0.05, 0.1) is 38.8 Å². The van der Waals surface area contributed by atoms with Crippen LogP contribution in [0.1, 0.15) is 117 Å². The molecule has 0 aliphatic carbocycles. The minimum Gasteiger partial charge on any atom is -0.494 e. The molecule has 6 rings (SSSR count). The van der Waals surface area contributed by atoms with Gasteiger partial charge in [0, 0.05) is 23.5 Å². The van der Waals surface area contributed by atoms with E-state index in [9.17, 15) is 9.59 Å². The molecule has 0 atom stereocenters. The van der Waals surface area contributed by atoms with E-state index in [0.29, 0.717) is 22.6 Å². The summed E-state index contributed by atoms with van der Waals surface area (Å²) >= 11 is 0. The molecule has 6 aromatic rings. The molecule has 2 heterocycles. The topological polar surface area (TPSA) is 115 Å². The van der Waals surface area contributed by atoms with Crippen molar-refractivity contribution in [2.24, 2.45) is 0 Å². The van der Waals surface area contributed by atoms with Gasteiger partial charge in [0.25, 0.3) is 0 Å². The van der Waals surface area contributed by atoms with Crippen LogP contribution in [0.5, 0.6) is 34.5 Å². The van der Waals surface area contributed by atoms with Crippen molar-refractivity contribution < 1.29 is 38.0 Å². The quantitative estimate of drug-likeness (QED) is 0.0175. The van der Waals surface area contributed by atoms with Crippen molar-refractivity contribution in [2.75, 3.05) is 26.4 Å². The summed E-state index contributed by atoms with van der Waals surface area (Å²) in [6.45, 7) is 13.5. The van der Waals surface area contributed by atoms with Gasteiger partial charge in [-0.25, -0.2) is 9.59 Å². The molecule has 0 unspecified atom stereocenters. The molecule has 10 heteroatoms. The van der Waals surface area contributed by atoms with Crippen LogP contribution in [0.15, 0.2) is 170 Å². The van der Waals surface area contributed by atoms with Crippen LogP contribution in [0.2, 0.25) is 0 Å². The van der Waals surface area contributed by atoms with Gasteiger partial charge >= 0.3 is 11.9 Å². The van der Waals surface area contributed by atoms with Gasteiger partial charge in [-0.05, 0) is 135 Å². The molecule has 0 spiro atoms. The largest absolute Gasteiger partial charge is 0.494 e. The van der Waals surface area contributed by atoms with Gasteiger partial charge in [-0.1, -0.05) is 139 Å². The van der Waals surface area contributed by atoms with Crippen LogP contribution in [0, 0.1) is 0 Å². The molecular formula is C62H74N2O8. The summed E-state index contributed by atoms with van der Waals surface area (Å²) in [7, 11) is 0. The average Bonchev–Trinajstić information content (AvgIpc) is 3.41. The first-order chi connectivity index (χ1) is 35.2. The second kappa shape index (κ2) is 33.4. The first-order valence-corrected chi connectivity index (χ1v) is 25.7. The number of benzene rings is 4. The monoisotopic (exact) mass is 975 g/mol. The highest BCUT2D eigenvalue weighted by molar-refractivity contribution is 5.89. The molecule has 10 nitrogen and oxygen atoms in total. The molecule has 0 amide bonds. The van der Waals surface area contributed by atoms with Crippen molar-refractivity contribution in [1.29, 1.82) is 0 Å². The molecule has 2 aromatic heterocycles. The molecule has 0 aliphatic heterocycles. The van der Waals surface area contributed by atoms with Gasteiger partial charge in [0.15, 0.2) is 0 Å². The summed E-state index contributed by atoms with van der Waals surface area (Å²) in [6, 6.07) is 38.8. The molecule has 0 radical (unpaired) electrons. The molecule has 0 aliphatic rings. The molecule has 0 saturated heterocycles. The van der Waals surface area contributed by atoms with Crippen LogP contribution in [0.4, 0.5) is 0 Å². The molecular weight excluding hydrogens is 901 g/mol. The van der Waals surface area contributed by atoms with Gasteiger partial charge in [-0.3, -0.25) is 9.97 Å². The Labute approximate surface area is 428 Å². The standard InChI is InChI=1S/C33H41NO4.C29H33NO4/c1-27(2)33(35)38-31-21-17-29(18-22-31)28-15-19-30(20-16-28)36-24-11-9-7-5-3-4-6-8-10-12-25-37-32-14-13-23-34-26-32;1-23(2)29(31)34-27-17-13-25(14-18-27)24-11-15-26(16-12-24)32-20-7-5-3-4-6-8-21-33-28-10-9-19-30-22-28/h13-23,26H,1,3-12,24-25H2,2H3;9-19,22H,1,3-8,20-21H2,2H3. The predicted molar refractivity (Wildman–Crippen MR) is 289 cm³/mol. The van der Waals surface area contributed by atoms with Crippen molar-refractivity contribution >= 4 is 11.9 Å². The fraction of sp³-hybridized carbons (Fsp3) is 0.355. The maximum atomic E-state index is 11.6. The molecule has 0 fully saturated rings. The third-order valence-electron chi connectivity index (χ3n) is 11.6. The number of hydrogen-bond donors (Lipinski definition) is 0. The first kappa shape index (κ1) is 55.7. The summed E-state index contributed by atoms with van der Waals surface area (Å²) in [5, 5.41) is 0. The zero-order chi connectivity index (χ0) is 50.9. The van der Waals surface area contributed by atoms with Gasteiger partial charge in [0.2, 0.25) is 0 Å². The third-order valence-corrected chi connectivity index (χ3v) is 11.6. The lowest BCUT2D eigenvalue weighted by Gasteiger charge is -2.09. The van der Waals surface area contributed by atoms with Gasteiger partial charge in [-0.2, -0.15) is 0 Å². The van der Waals surface area contributed by atoms with E-state index in [2.05, 4.69) is 35.3 Å². The Kier molecular flexibility index (Phi) is 25.8. The maximum Gasteiger partial charge on any atom is 0.338 e. The van der Waals surface area contributed by atoms with E-state index in [-0.39, 0.29) is 0 Å². The van der Waals surface area contributed by atoms with E-state index < -0.39 is 11.9 Å². The molecule has 0 saturated carbocycles. The minimum absolute atomic E-state index is 0.377. The van der Waals surface area contributed by atoms with E-state index in [1.807, 2.05) is 84.9 Å². The number of rotatable bonds is 32. The lowest BCUT2D eigenvalue weighted by Crippen LogP contribution is -2.07. The van der Waals surface area contributed by atoms with Crippen molar-refractivity contribution in [3.63, 3.8) is 0 Å². The molecule has 72 heavy (non-hydrogen) atoms. The predicted octanol–water partition coefficient (Wildman–Crippen LogP) is 15.6. The fourth-order valence-corrected chi connectivity index (χ4v) is 7.46. The van der Waals surface area contributed by atoms with E-state index in [1.165, 1.54) is 77.0 Å². The number of carbonyl (C=O) groups excluding carboxylic acids is 2. The van der Waals surface area contributed by atoms with Gasteiger partial charge in [0.1, 0.15) is 34.5 Å². The molecule has 380 valence electrons. The number of hydrogen-bond acceptors (Lipinski definition) is 10. The van der Waals surface area contributed by atoms with E-state index in [4.69, 9.17) is 28.4 Å². The highest BCUT2D eigenvalue weighted by Gasteiger charge is 2.08. The smallest absolute Gasteiger partial charge is 0.338 e. The zero-order valence-electron chi connectivity index (χ0n) is 42.6. The van der Waals surface area contributed by atoms with Crippen molar-refractivity contribution in [2.45, 2.75) is 117 Å². The summed E-state index contributed by atoms with van der Waals surface area (Å²) in [5.74, 6) is 3.67. The summed E-state index contributed by atoms with van der Waals surface area (Å²) in [5.41, 5.74) is 5.04. The Morgan fingerprint density at radius 2 is 0.597 bits per heavy atom. The Morgan fingerprint density at radius 1 is 0.347 bits per heavy atom.